The largest absolute Gasteiger partial charge is 0.465 e. The molecule has 0 saturated carbocycles. The third kappa shape index (κ3) is 2.44. The highest BCUT2D eigenvalue weighted by Crippen LogP contribution is 2.16. The first-order valence-corrected chi connectivity index (χ1v) is 5.00. The Morgan fingerprint density at radius 3 is 2.25 bits per heavy atom. The molecule has 0 aliphatic heterocycles. The maximum atomic E-state index is 11.4. The number of carboxylic acid groups (broad SMARTS) is 1. The number of carbonyl (C=O) groups is 1. The van der Waals surface area contributed by atoms with Crippen LogP contribution in [0, 0.1) is 6.92 Å². The summed E-state index contributed by atoms with van der Waals surface area (Å²) in [4.78, 5) is 23.8. The quantitative estimate of drug-likeness (QED) is 0.711. The molecule has 1 rings (SSSR count). The molecule has 0 atom stereocenters. The van der Waals surface area contributed by atoms with E-state index < -0.39 is 11.6 Å². The van der Waals surface area contributed by atoms with E-state index in [1.807, 2.05) is 0 Å². The molecule has 1 heterocycles. The molecular weight excluding hydrogens is 210 g/mol. The number of nitrogens with one attached hydrogen (secondary N) is 2. The zero-order valence-corrected chi connectivity index (χ0v) is 9.92. The summed E-state index contributed by atoms with van der Waals surface area (Å²) >= 11 is 0. The van der Waals surface area contributed by atoms with Crippen molar-refractivity contribution in [2.75, 3.05) is 0 Å². The molecule has 6 nitrogen and oxygen atoms in total. The van der Waals surface area contributed by atoms with E-state index in [9.17, 15) is 9.59 Å². The highest BCUT2D eigenvalue weighted by atomic mass is 16.4. The maximum Gasteiger partial charge on any atom is 0.408 e. The van der Waals surface area contributed by atoms with Gasteiger partial charge < -0.3 is 10.2 Å². The van der Waals surface area contributed by atoms with Gasteiger partial charge in [0.25, 0.3) is 5.56 Å². The van der Waals surface area contributed by atoms with E-state index in [2.05, 4.69) is 10.2 Å². The van der Waals surface area contributed by atoms with Gasteiger partial charge >= 0.3 is 6.09 Å². The monoisotopic (exact) mass is 227 g/mol. The van der Waals surface area contributed by atoms with Crippen LogP contribution in [0.15, 0.2) is 4.79 Å². The molecule has 0 bridgehead atoms. The summed E-state index contributed by atoms with van der Waals surface area (Å²) in [5, 5.41) is 14.2. The van der Waals surface area contributed by atoms with Crippen molar-refractivity contribution in [1.29, 1.82) is 0 Å². The van der Waals surface area contributed by atoms with Gasteiger partial charge in [-0.15, -0.1) is 0 Å². The van der Waals surface area contributed by atoms with Crippen LogP contribution in [0.4, 0.5) is 4.79 Å². The van der Waals surface area contributed by atoms with Crippen molar-refractivity contribution in [2.24, 2.45) is 0 Å². The minimum atomic E-state index is -1.03. The molecule has 16 heavy (non-hydrogen) atoms. The first-order chi connectivity index (χ1) is 7.23. The van der Waals surface area contributed by atoms with Crippen LogP contribution in [-0.2, 0) is 6.54 Å². The lowest BCUT2D eigenvalue weighted by Gasteiger charge is -2.32. The molecule has 90 valence electrons. The zero-order chi connectivity index (χ0) is 12.5. The van der Waals surface area contributed by atoms with Gasteiger partial charge in [0, 0.05) is 11.2 Å². The first-order valence-electron chi connectivity index (χ1n) is 5.00. The normalized spacial score (nSPS) is 11.5. The Labute approximate surface area is 93.3 Å². The van der Waals surface area contributed by atoms with Crippen molar-refractivity contribution in [2.45, 2.75) is 39.8 Å². The second kappa shape index (κ2) is 4.03. The molecule has 6 heteroatoms. The highest BCUT2D eigenvalue weighted by Gasteiger charge is 2.27. The van der Waals surface area contributed by atoms with Crippen LogP contribution in [-0.4, -0.2) is 31.8 Å². The zero-order valence-electron chi connectivity index (χ0n) is 9.92. The molecule has 0 aliphatic rings. The van der Waals surface area contributed by atoms with Gasteiger partial charge in [-0.3, -0.25) is 14.8 Å². The Morgan fingerprint density at radius 2 is 1.94 bits per heavy atom. The minimum absolute atomic E-state index is 0.0868. The maximum absolute atomic E-state index is 11.4. The first kappa shape index (κ1) is 12.4. The molecule has 0 unspecified atom stereocenters. The number of hydrogen-bond acceptors (Lipinski definition) is 2. The number of aryl methyl sites for hydroxylation is 1. The lowest BCUT2D eigenvalue weighted by molar-refractivity contribution is 0.0953. The summed E-state index contributed by atoms with van der Waals surface area (Å²) in [7, 11) is 0. The lowest BCUT2D eigenvalue weighted by atomic mass is 10.1. The Balaban J connectivity index is 3.02. The van der Waals surface area contributed by atoms with Gasteiger partial charge in [-0.2, -0.15) is 0 Å². The van der Waals surface area contributed by atoms with Gasteiger partial charge in [0.2, 0.25) is 0 Å². The fourth-order valence-corrected chi connectivity index (χ4v) is 1.41. The number of aromatic nitrogens is 2. The number of rotatable bonds is 2. The van der Waals surface area contributed by atoms with E-state index in [-0.39, 0.29) is 12.1 Å². The van der Waals surface area contributed by atoms with Crippen LogP contribution in [0.2, 0.25) is 0 Å². The van der Waals surface area contributed by atoms with Crippen LogP contribution >= 0.6 is 0 Å². The van der Waals surface area contributed by atoms with Gasteiger partial charge in [0.15, 0.2) is 0 Å². The second-order valence-corrected chi connectivity index (χ2v) is 4.72. The van der Waals surface area contributed by atoms with Crippen molar-refractivity contribution in [1.82, 2.24) is 15.1 Å². The summed E-state index contributed by atoms with van der Waals surface area (Å²) in [5.41, 5.74) is 0.313. The van der Waals surface area contributed by atoms with Gasteiger partial charge in [-0.1, -0.05) is 0 Å². The summed E-state index contributed by atoms with van der Waals surface area (Å²) in [5.74, 6) is 0. The molecule has 3 N–H and O–H groups in total. The van der Waals surface area contributed by atoms with Crippen molar-refractivity contribution in [3.8, 4) is 0 Å². The molecule has 0 spiro atoms. The van der Waals surface area contributed by atoms with Gasteiger partial charge in [-0.05, 0) is 27.7 Å². The van der Waals surface area contributed by atoms with E-state index in [1.54, 1.807) is 27.7 Å². The van der Waals surface area contributed by atoms with Gasteiger partial charge in [0.05, 0.1) is 12.1 Å². The average Bonchev–Trinajstić information content (AvgIpc) is 2.40. The van der Waals surface area contributed by atoms with Crippen LogP contribution in [0.1, 0.15) is 32.0 Å². The van der Waals surface area contributed by atoms with E-state index in [0.29, 0.717) is 11.3 Å². The van der Waals surface area contributed by atoms with Crippen LogP contribution in [0.25, 0.3) is 0 Å². The average molecular weight is 227 g/mol. The molecular formula is C10H17N3O3. The third-order valence-electron chi connectivity index (χ3n) is 2.45. The Kier molecular flexibility index (Phi) is 3.11. The summed E-state index contributed by atoms with van der Waals surface area (Å²) < 4.78 is 0. The summed E-state index contributed by atoms with van der Waals surface area (Å²) in [6, 6.07) is 0. The van der Waals surface area contributed by atoms with Gasteiger partial charge in [-0.25, -0.2) is 4.79 Å². The van der Waals surface area contributed by atoms with Crippen molar-refractivity contribution < 1.29 is 9.90 Å². The van der Waals surface area contributed by atoms with E-state index in [0.717, 1.165) is 0 Å². The molecule has 1 amide bonds. The topological polar surface area (TPSA) is 89.2 Å². The predicted octanol–water partition coefficient (Wildman–Crippen LogP) is 1.29. The van der Waals surface area contributed by atoms with E-state index in [1.165, 1.54) is 4.90 Å². The summed E-state index contributed by atoms with van der Waals surface area (Å²) in [6.45, 7) is 7.19. The molecule has 1 aromatic heterocycles. The standard InChI is InChI=1S/C10H17N3O3/c1-6-7(8(14)12-11-6)5-13(9(15)16)10(2,3)4/h5H2,1-4H3,(H,15,16)(H2,11,12,14). The molecule has 0 radical (unpaired) electrons. The van der Waals surface area contributed by atoms with Crippen molar-refractivity contribution in [3.63, 3.8) is 0 Å². The second-order valence-electron chi connectivity index (χ2n) is 4.72. The smallest absolute Gasteiger partial charge is 0.408 e. The number of amides is 1. The van der Waals surface area contributed by atoms with E-state index in [4.69, 9.17) is 5.11 Å². The number of aromatic amines is 2. The van der Waals surface area contributed by atoms with Crippen LogP contribution in [0.3, 0.4) is 0 Å². The fourth-order valence-electron chi connectivity index (χ4n) is 1.41. The number of hydrogen-bond donors (Lipinski definition) is 3. The van der Waals surface area contributed by atoms with Gasteiger partial charge in [0.1, 0.15) is 0 Å². The highest BCUT2D eigenvalue weighted by molar-refractivity contribution is 5.66. The van der Waals surface area contributed by atoms with Crippen LogP contribution < -0.4 is 5.56 Å². The molecule has 0 fully saturated rings. The number of H-pyrrole nitrogens is 2. The molecule has 0 aliphatic carbocycles. The SMILES string of the molecule is Cc1[nH][nH]c(=O)c1CN(C(=O)O)C(C)(C)C. The van der Waals surface area contributed by atoms with Crippen molar-refractivity contribution >= 4 is 6.09 Å². The third-order valence-corrected chi connectivity index (χ3v) is 2.45. The molecule has 0 saturated heterocycles. The Bertz CT molecular complexity index is 439. The van der Waals surface area contributed by atoms with Crippen LogP contribution in [0.5, 0.6) is 0 Å². The minimum Gasteiger partial charge on any atom is -0.465 e. The number of nitrogens with zero attached hydrogens (tertiary/aromatic N) is 1. The Morgan fingerprint density at radius 1 is 1.38 bits per heavy atom. The molecule has 0 aromatic carbocycles. The molecule has 1 aromatic rings. The predicted molar refractivity (Wildman–Crippen MR) is 59.5 cm³/mol. The van der Waals surface area contributed by atoms with E-state index >= 15 is 0 Å². The Hall–Kier alpha value is -1.72. The lowest BCUT2D eigenvalue weighted by Crippen LogP contribution is -2.45. The fraction of sp³-hybridized carbons (Fsp3) is 0.600. The summed E-state index contributed by atoms with van der Waals surface area (Å²) in [6.07, 6.45) is -1.03. The van der Waals surface area contributed by atoms with Crippen molar-refractivity contribution in [3.05, 3.63) is 21.6 Å².